The van der Waals surface area contributed by atoms with E-state index in [1.165, 1.54) is 22.5 Å². The number of fused-ring (bicyclic) bond motifs is 1. The summed E-state index contributed by atoms with van der Waals surface area (Å²) < 4.78 is 2.28. The number of nitrogens with zero attached hydrogens (tertiary/aromatic N) is 3. The van der Waals surface area contributed by atoms with Gasteiger partial charge in [-0.15, -0.1) is 0 Å². The molecule has 0 unspecified atom stereocenters. The molecule has 0 N–H and O–H groups in total. The summed E-state index contributed by atoms with van der Waals surface area (Å²) in [6, 6.07) is 31.5. The summed E-state index contributed by atoms with van der Waals surface area (Å²) >= 11 is 0. The van der Waals surface area contributed by atoms with Crippen molar-refractivity contribution in [2.24, 2.45) is 4.99 Å². The van der Waals surface area contributed by atoms with Crippen molar-refractivity contribution in [2.45, 2.75) is 13.8 Å². The van der Waals surface area contributed by atoms with Crippen LogP contribution in [0.4, 0.5) is 5.69 Å². The molecule has 0 atom stereocenters. The predicted molar refractivity (Wildman–Crippen MR) is 130 cm³/mol. The summed E-state index contributed by atoms with van der Waals surface area (Å²) in [7, 11) is 0. The Morgan fingerprint density at radius 3 is 2.35 bits per heavy atom. The zero-order chi connectivity index (χ0) is 21.2. The number of hydrogen-bond acceptors (Lipinski definition) is 2. The Kier molecular flexibility index (Phi) is 4.93. The summed E-state index contributed by atoms with van der Waals surface area (Å²) in [5.74, 6) is 0. The summed E-state index contributed by atoms with van der Waals surface area (Å²) in [6.45, 7) is 4.28. The SMILES string of the molecule is Cc1cc(C=Nc2ccc3ncccc3c2)c(C)n1-c1ccc(-c2ccccc2)cc1. The Labute approximate surface area is 182 Å². The van der Waals surface area contributed by atoms with Gasteiger partial charge in [-0.1, -0.05) is 48.5 Å². The zero-order valence-corrected chi connectivity index (χ0v) is 17.7. The smallest absolute Gasteiger partial charge is 0.0703 e. The van der Waals surface area contributed by atoms with Crippen LogP contribution >= 0.6 is 0 Å². The maximum absolute atomic E-state index is 4.72. The highest BCUT2D eigenvalue weighted by molar-refractivity contribution is 5.87. The van der Waals surface area contributed by atoms with Gasteiger partial charge in [0, 0.05) is 40.4 Å². The molecule has 0 amide bonds. The minimum atomic E-state index is 0.928. The summed E-state index contributed by atoms with van der Waals surface area (Å²) in [6.07, 6.45) is 3.77. The van der Waals surface area contributed by atoms with Gasteiger partial charge < -0.3 is 4.57 Å². The molecular weight excluding hydrogens is 378 g/mol. The molecule has 3 nitrogen and oxygen atoms in total. The largest absolute Gasteiger partial charge is 0.318 e. The predicted octanol–water partition coefficient (Wildman–Crippen LogP) is 7.06. The lowest BCUT2D eigenvalue weighted by atomic mass is 10.1. The van der Waals surface area contributed by atoms with Gasteiger partial charge in [-0.3, -0.25) is 9.98 Å². The Morgan fingerprint density at radius 2 is 1.55 bits per heavy atom. The van der Waals surface area contributed by atoms with Gasteiger partial charge in [-0.2, -0.15) is 0 Å². The summed E-state index contributed by atoms with van der Waals surface area (Å²) in [4.78, 5) is 9.10. The van der Waals surface area contributed by atoms with Crippen LogP contribution in [0.1, 0.15) is 17.0 Å². The fourth-order valence-electron chi connectivity index (χ4n) is 4.04. The van der Waals surface area contributed by atoms with E-state index in [1.807, 2.05) is 36.7 Å². The molecule has 0 aliphatic carbocycles. The van der Waals surface area contributed by atoms with Gasteiger partial charge in [-0.05, 0) is 67.4 Å². The highest BCUT2D eigenvalue weighted by Gasteiger charge is 2.10. The second-order valence-corrected chi connectivity index (χ2v) is 7.71. The van der Waals surface area contributed by atoms with Gasteiger partial charge in [0.15, 0.2) is 0 Å². The average molecular weight is 402 g/mol. The highest BCUT2D eigenvalue weighted by Crippen LogP contribution is 2.25. The molecule has 0 spiro atoms. The third-order valence-electron chi connectivity index (χ3n) is 5.64. The van der Waals surface area contributed by atoms with Crippen molar-refractivity contribution >= 4 is 22.8 Å². The first kappa shape index (κ1) is 19.0. The van der Waals surface area contributed by atoms with E-state index >= 15 is 0 Å². The molecule has 3 aromatic carbocycles. The standard InChI is InChI=1S/C28H23N3/c1-20-17-25(19-30-26-12-15-28-24(18-26)9-6-16-29-28)21(2)31(20)27-13-10-23(11-14-27)22-7-4-3-5-8-22/h3-19H,1-2H3. The quantitative estimate of drug-likeness (QED) is 0.296. The van der Waals surface area contributed by atoms with E-state index in [0.29, 0.717) is 0 Å². The van der Waals surface area contributed by atoms with Crippen LogP contribution in [0.3, 0.4) is 0 Å². The molecule has 0 bridgehead atoms. The molecule has 0 saturated carbocycles. The lowest BCUT2D eigenvalue weighted by Crippen LogP contribution is -1.99. The molecule has 0 radical (unpaired) electrons. The van der Waals surface area contributed by atoms with Crippen molar-refractivity contribution in [3.05, 3.63) is 114 Å². The van der Waals surface area contributed by atoms with E-state index in [4.69, 9.17) is 4.99 Å². The Hall–Kier alpha value is -3.98. The monoisotopic (exact) mass is 401 g/mol. The van der Waals surface area contributed by atoms with Crippen LogP contribution < -0.4 is 0 Å². The van der Waals surface area contributed by atoms with E-state index in [1.54, 1.807) is 0 Å². The number of hydrogen-bond donors (Lipinski definition) is 0. The average Bonchev–Trinajstić information content (AvgIpc) is 3.11. The van der Waals surface area contributed by atoms with Crippen LogP contribution in [0.15, 0.2) is 102 Å². The van der Waals surface area contributed by atoms with Gasteiger partial charge in [0.05, 0.1) is 11.2 Å². The number of aryl methyl sites for hydroxylation is 1. The van der Waals surface area contributed by atoms with Crippen molar-refractivity contribution in [3.63, 3.8) is 0 Å². The molecule has 5 rings (SSSR count). The maximum Gasteiger partial charge on any atom is 0.0703 e. The van der Waals surface area contributed by atoms with Crippen molar-refractivity contribution in [1.82, 2.24) is 9.55 Å². The van der Waals surface area contributed by atoms with Crippen LogP contribution in [0.5, 0.6) is 0 Å². The van der Waals surface area contributed by atoms with Crippen molar-refractivity contribution < 1.29 is 0 Å². The molecule has 0 aliphatic rings. The van der Waals surface area contributed by atoms with Crippen LogP contribution in [0, 0.1) is 13.8 Å². The number of rotatable bonds is 4. The van der Waals surface area contributed by atoms with Crippen LogP contribution in [0.2, 0.25) is 0 Å². The lowest BCUT2D eigenvalue weighted by Gasteiger charge is -2.11. The van der Waals surface area contributed by atoms with Crippen LogP contribution in [-0.4, -0.2) is 15.8 Å². The zero-order valence-electron chi connectivity index (χ0n) is 17.7. The van der Waals surface area contributed by atoms with Crippen LogP contribution in [-0.2, 0) is 0 Å². The van der Waals surface area contributed by atoms with Crippen LogP contribution in [0.25, 0.3) is 27.7 Å². The normalized spacial score (nSPS) is 11.4. The maximum atomic E-state index is 4.72. The molecular formula is C28H23N3. The Morgan fingerprint density at radius 1 is 0.774 bits per heavy atom. The second kappa shape index (κ2) is 8.04. The number of pyridine rings is 1. The van der Waals surface area contributed by atoms with E-state index in [9.17, 15) is 0 Å². The number of benzene rings is 3. The third-order valence-corrected chi connectivity index (χ3v) is 5.64. The molecule has 2 heterocycles. The minimum absolute atomic E-state index is 0.928. The first-order valence-electron chi connectivity index (χ1n) is 10.4. The summed E-state index contributed by atoms with van der Waals surface area (Å²) in [5, 5.41) is 1.10. The molecule has 5 aromatic rings. The Balaban J connectivity index is 1.44. The lowest BCUT2D eigenvalue weighted by molar-refractivity contribution is 0.965. The second-order valence-electron chi connectivity index (χ2n) is 7.71. The van der Waals surface area contributed by atoms with E-state index < -0.39 is 0 Å². The fraction of sp³-hybridized carbons (Fsp3) is 0.0714. The van der Waals surface area contributed by atoms with E-state index in [0.717, 1.165) is 27.8 Å². The van der Waals surface area contributed by atoms with Gasteiger partial charge >= 0.3 is 0 Å². The molecule has 0 fully saturated rings. The van der Waals surface area contributed by atoms with Gasteiger partial charge in [0.25, 0.3) is 0 Å². The number of aromatic nitrogens is 2. The highest BCUT2D eigenvalue weighted by atomic mass is 15.0. The first-order valence-corrected chi connectivity index (χ1v) is 10.4. The van der Waals surface area contributed by atoms with E-state index in [2.05, 4.69) is 90.1 Å². The number of aliphatic imine (C=N–C) groups is 1. The molecule has 2 aromatic heterocycles. The van der Waals surface area contributed by atoms with Gasteiger partial charge in [-0.25, -0.2) is 0 Å². The van der Waals surface area contributed by atoms with Gasteiger partial charge in [0.2, 0.25) is 0 Å². The summed E-state index contributed by atoms with van der Waals surface area (Å²) in [5.41, 5.74) is 9.01. The third kappa shape index (κ3) is 3.78. The van der Waals surface area contributed by atoms with Gasteiger partial charge in [0.1, 0.15) is 0 Å². The van der Waals surface area contributed by atoms with E-state index in [-0.39, 0.29) is 0 Å². The topological polar surface area (TPSA) is 30.2 Å². The van der Waals surface area contributed by atoms with Crippen molar-refractivity contribution in [1.29, 1.82) is 0 Å². The molecule has 31 heavy (non-hydrogen) atoms. The minimum Gasteiger partial charge on any atom is -0.318 e. The van der Waals surface area contributed by atoms with Crippen molar-refractivity contribution in [2.75, 3.05) is 0 Å². The van der Waals surface area contributed by atoms with Crippen molar-refractivity contribution in [3.8, 4) is 16.8 Å². The first-order chi connectivity index (χ1) is 15.2. The molecule has 0 saturated heterocycles. The Bertz CT molecular complexity index is 1380. The molecule has 150 valence electrons. The molecule has 0 aliphatic heterocycles. The fourth-order valence-corrected chi connectivity index (χ4v) is 4.04. The molecule has 3 heteroatoms.